The van der Waals surface area contributed by atoms with Gasteiger partial charge in [-0.2, -0.15) is 0 Å². The molecule has 4 aromatic rings. The number of hydrogen-bond donors (Lipinski definition) is 2. The number of carbonyl (C=O) groups is 3. The van der Waals surface area contributed by atoms with E-state index in [1.165, 1.54) is 0 Å². The largest absolute Gasteiger partial charge is 0.459 e. The van der Waals surface area contributed by atoms with Crippen molar-refractivity contribution in [3.05, 3.63) is 95.2 Å². The molecule has 4 amide bonds. The molecule has 5 rings (SSSR count). The van der Waals surface area contributed by atoms with E-state index in [0.717, 1.165) is 21.2 Å². The Bertz CT molecular complexity index is 1450. The Morgan fingerprint density at radius 2 is 1.74 bits per heavy atom. The Hall–Kier alpha value is -4.10. The maximum absolute atomic E-state index is 13.2. The number of amides is 4. The molecule has 8 heteroatoms. The van der Waals surface area contributed by atoms with Gasteiger partial charge in [-0.3, -0.25) is 14.5 Å². The fourth-order valence-corrected chi connectivity index (χ4v) is 4.29. The number of nitrogens with zero attached hydrogens (tertiary/aromatic N) is 1. The van der Waals surface area contributed by atoms with Crippen LogP contribution in [-0.2, 0) is 21.7 Å². The highest BCUT2D eigenvalue weighted by molar-refractivity contribution is 6.30. The van der Waals surface area contributed by atoms with Crippen molar-refractivity contribution in [3.63, 3.8) is 0 Å². The molecule has 0 saturated carbocycles. The monoisotopic (exact) mass is 487 g/mol. The van der Waals surface area contributed by atoms with Crippen LogP contribution >= 0.6 is 11.6 Å². The van der Waals surface area contributed by atoms with E-state index in [2.05, 4.69) is 10.6 Å². The molecule has 176 valence electrons. The van der Waals surface area contributed by atoms with Gasteiger partial charge in [0.25, 0.3) is 5.91 Å². The van der Waals surface area contributed by atoms with E-state index in [-0.39, 0.29) is 6.54 Å². The van der Waals surface area contributed by atoms with Crippen molar-refractivity contribution < 1.29 is 18.8 Å². The van der Waals surface area contributed by atoms with Crippen LogP contribution < -0.4 is 10.6 Å². The van der Waals surface area contributed by atoms with Crippen molar-refractivity contribution in [2.24, 2.45) is 0 Å². The lowest BCUT2D eigenvalue weighted by Gasteiger charge is -2.22. The molecule has 2 heterocycles. The minimum absolute atomic E-state index is 0.123. The summed E-state index contributed by atoms with van der Waals surface area (Å²) in [6, 6.07) is 23.6. The highest BCUT2D eigenvalue weighted by atomic mass is 35.5. The van der Waals surface area contributed by atoms with E-state index in [0.29, 0.717) is 22.1 Å². The number of furan rings is 1. The van der Waals surface area contributed by atoms with E-state index in [9.17, 15) is 14.4 Å². The summed E-state index contributed by atoms with van der Waals surface area (Å²) in [5.41, 5.74) is 0.262. The first-order valence-electron chi connectivity index (χ1n) is 11.1. The highest BCUT2D eigenvalue weighted by Gasteiger charge is 2.49. The summed E-state index contributed by atoms with van der Waals surface area (Å²) >= 11 is 5.92. The van der Waals surface area contributed by atoms with Gasteiger partial charge in [0.05, 0.1) is 6.54 Å². The Morgan fingerprint density at radius 3 is 2.51 bits per heavy atom. The maximum atomic E-state index is 13.2. The van der Waals surface area contributed by atoms with Crippen LogP contribution in [0.4, 0.5) is 4.79 Å². The van der Waals surface area contributed by atoms with Gasteiger partial charge in [-0.25, -0.2) is 4.79 Å². The van der Waals surface area contributed by atoms with E-state index in [1.807, 2.05) is 54.6 Å². The van der Waals surface area contributed by atoms with Gasteiger partial charge >= 0.3 is 6.03 Å². The Morgan fingerprint density at radius 1 is 1.00 bits per heavy atom. The number of fused-ring (bicyclic) bond motifs is 1. The number of carbonyl (C=O) groups excluding carboxylic acids is 3. The van der Waals surface area contributed by atoms with Gasteiger partial charge in [0.15, 0.2) is 0 Å². The lowest BCUT2D eigenvalue weighted by atomic mass is 9.90. The Labute approximate surface area is 206 Å². The number of rotatable bonds is 6. The minimum atomic E-state index is -1.25. The van der Waals surface area contributed by atoms with Crippen LogP contribution in [0, 0.1) is 0 Å². The van der Waals surface area contributed by atoms with Crippen molar-refractivity contribution >= 4 is 40.2 Å². The first-order valence-corrected chi connectivity index (χ1v) is 11.5. The van der Waals surface area contributed by atoms with Crippen molar-refractivity contribution in [1.82, 2.24) is 15.5 Å². The molecular formula is C27H22ClN3O4. The molecule has 1 aliphatic rings. The van der Waals surface area contributed by atoms with E-state index < -0.39 is 29.9 Å². The molecule has 35 heavy (non-hydrogen) atoms. The first-order chi connectivity index (χ1) is 16.8. The molecule has 1 unspecified atom stereocenters. The fraction of sp³-hybridized carbons (Fsp3) is 0.148. The predicted molar refractivity (Wildman–Crippen MR) is 133 cm³/mol. The second kappa shape index (κ2) is 8.92. The quantitative estimate of drug-likeness (QED) is 0.381. The lowest BCUT2D eigenvalue weighted by molar-refractivity contribution is -0.134. The van der Waals surface area contributed by atoms with Crippen LogP contribution in [0.2, 0.25) is 5.02 Å². The molecule has 0 aliphatic carbocycles. The molecule has 1 aromatic heterocycles. The average molecular weight is 488 g/mol. The molecule has 7 nitrogen and oxygen atoms in total. The number of halogens is 1. The lowest BCUT2D eigenvalue weighted by Crippen LogP contribution is -2.43. The number of benzene rings is 3. The molecular weight excluding hydrogens is 466 g/mol. The zero-order valence-corrected chi connectivity index (χ0v) is 19.6. The molecule has 0 radical (unpaired) electrons. The smallest absolute Gasteiger partial charge is 0.325 e. The van der Waals surface area contributed by atoms with Crippen LogP contribution in [0.15, 0.2) is 83.3 Å². The summed E-state index contributed by atoms with van der Waals surface area (Å²) in [5.74, 6) is 0.240. The molecule has 0 bridgehead atoms. The standard InChI is InChI=1S/C27H22ClN3O4/c1-27(20-9-6-17-4-2-3-5-19(17)14-20)25(33)31(26(34)30-27)16-24(32)29-15-22-12-13-23(35-22)18-7-10-21(28)11-8-18/h2-14H,15-16H2,1H3,(H,29,32)(H,30,34). The third-order valence-electron chi connectivity index (χ3n) is 6.15. The highest BCUT2D eigenvalue weighted by Crippen LogP contribution is 2.31. The fourth-order valence-electron chi connectivity index (χ4n) is 4.16. The number of hydrogen-bond acceptors (Lipinski definition) is 4. The predicted octanol–water partition coefficient (Wildman–Crippen LogP) is 4.84. The third kappa shape index (κ3) is 4.38. The number of imide groups is 1. The summed E-state index contributed by atoms with van der Waals surface area (Å²) in [6.45, 7) is 1.38. The average Bonchev–Trinajstić information content (AvgIpc) is 3.42. The van der Waals surface area contributed by atoms with Crippen LogP contribution in [-0.4, -0.2) is 29.3 Å². The van der Waals surface area contributed by atoms with Gasteiger partial charge in [0.1, 0.15) is 23.6 Å². The van der Waals surface area contributed by atoms with Crippen molar-refractivity contribution in [1.29, 1.82) is 0 Å². The van der Waals surface area contributed by atoms with Gasteiger partial charge in [0, 0.05) is 10.6 Å². The Kier molecular flexibility index (Phi) is 5.78. The van der Waals surface area contributed by atoms with Crippen LogP contribution in [0.25, 0.3) is 22.1 Å². The minimum Gasteiger partial charge on any atom is -0.459 e. The van der Waals surface area contributed by atoms with Crippen molar-refractivity contribution in [2.45, 2.75) is 19.0 Å². The zero-order chi connectivity index (χ0) is 24.6. The summed E-state index contributed by atoms with van der Waals surface area (Å²) in [7, 11) is 0. The van der Waals surface area contributed by atoms with Gasteiger partial charge in [0.2, 0.25) is 5.91 Å². The third-order valence-corrected chi connectivity index (χ3v) is 6.41. The van der Waals surface area contributed by atoms with Gasteiger partial charge < -0.3 is 15.1 Å². The van der Waals surface area contributed by atoms with Crippen LogP contribution in [0.3, 0.4) is 0 Å². The van der Waals surface area contributed by atoms with Gasteiger partial charge in [-0.15, -0.1) is 0 Å². The summed E-state index contributed by atoms with van der Waals surface area (Å²) in [6.07, 6.45) is 0. The Balaban J connectivity index is 1.24. The maximum Gasteiger partial charge on any atom is 0.325 e. The van der Waals surface area contributed by atoms with Gasteiger partial charge in [-0.1, -0.05) is 48.0 Å². The van der Waals surface area contributed by atoms with E-state index in [1.54, 1.807) is 31.2 Å². The van der Waals surface area contributed by atoms with E-state index >= 15 is 0 Å². The molecule has 2 N–H and O–H groups in total. The van der Waals surface area contributed by atoms with Crippen LogP contribution in [0.1, 0.15) is 18.2 Å². The second-order valence-corrected chi connectivity index (χ2v) is 8.99. The number of urea groups is 1. The second-order valence-electron chi connectivity index (χ2n) is 8.56. The molecule has 3 aromatic carbocycles. The molecule has 0 spiro atoms. The molecule has 1 saturated heterocycles. The zero-order valence-electron chi connectivity index (χ0n) is 18.9. The SMILES string of the molecule is CC1(c2ccc3ccccc3c2)NC(=O)N(CC(=O)NCc2ccc(-c3ccc(Cl)cc3)o2)C1=O. The van der Waals surface area contributed by atoms with Crippen LogP contribution in [0.5, 0.6) is 0 Å². The van der Waals surface area contributed by atoms with Crippen molar-refractivity contribution in [3.8, 4) is 11.3 Å². The van der Waals surface area contributed by atoms with Crippen molar-refractivity contribution in [2.75, 3.05) is 6.54 Å². The van der Waals surface area contributed by atoms with E-state index in [4.69, 9.17) is 16.0 Å². The normalized spacial score (nSPS) is 17.6. The molecule has 1 aliphatic heterocycles. The summed E-state index contributed by atoms with van der Waals surface area (Å²) in [4.78, 5) is 39.3. The molecule has 1 atom stereocenters. The first kappa shape index (κ1) is 22.7. The summed E-state index contributed by atoms with van der Waals surface area (Å²) in [5, 5.41) is 8.07. The topological polar surface area (TPSA) is 91.7 Å². The number of nitrogens with one attached hydrogen (secondary N) is 2. The summed E-state index contributed by atoms with van der Waals surface area (Å²) < 4.78 is 5.78. The van der Waals surface area contributed by atoms with Gasteiger partial charge in [-0.05, 0) is 65.7 Å². The molecule has 1 fully saturated rings.